The second-order valence-corrected chi connectivity index (χ2v) is 9.58. The van der Waals surface area contributed by atoms with Crippen molar-refractivity contribution < 1.29 is 19.1 Å². The van der Waals surface area contributed by atoms with Crippen LogP contribution < -0.4 is 19.3 Å². The summed E-state index contributed by atoms with van der Waals surface area (Å²) >= 11 is 6.44. The van der Waals surface area contributed by atoms with Gasteiger partial charge in [-0.2, -0.15) is 4.98 Å². The van der Waals surface area contributed by atoms with Crippen LogP contribution in [0.3, 0.4) is 0 Å². The summed E-state index contributed by atoms with van der Waals surface area (Å²) in [5.41, 5.74) is 0.946. The fraction of sp³-hybridized carbons (Fsp3) is 0.357. The molecule has 1 aromatic heterocycles. The summed E-state index contributed by atoms with van der Waals surface area (Å²) < 4.78 is 10.3. The molecule has 1 saturated heterocycles. The van der Waals surface area contributed by atoms with Crippen molar-refractivity contribution in [1.29, 1.82) is 0 Å². The average molecular weight is 538 g/mol. The van der Waals surface area contributed by atoms with E-state index >= 15 is 0 Å². The van der Waals surface area contributed by atoms with Gasteiger partial charge in [0.1, 0.15) is 18.1 Å². The van der Waals surface area contributed by atoms with Crippen LogP contribution in [0, 0.1) is 5.92 Å². The highest BCUT2D eigenvalue weighted by molar-refractivity contribution is 6.34. The van der Waals surface area contributed by atoms with E-state index in [0.29, 0.717) is 47.0 Å². The van der Waals surface area contributed by atoms with Crippen molar-refractivity contribution in [3.8, 4) is 11.8 Å². The maximum atomic E-state index is 13.5. The molecule has 10 heteroatoms. The third kappa shape index (κ3) is 6.52. The van der Waals surface area contributed by atoms with Crippen LogP contribution in [0.4, 0.5) is 11.5 Å². The molecule has 0 radical (unpaired) electrons. The van der Waals surface area contributed by atoms with Crippen molar-refractivity contribution in [3.63, 3.8) is 0 Å². The maximum Gasteiger partial charge on any atom is 0.318 e. The predicted octanol–water partition coefficient (Wildman–Crippen LogP) is 4.17. The van der Waals surface area contributed by atoms with Gasteiger partial charge >= 0.3 is 6.01 Å². The van der Waals surface area contributed by atoms with Gasteiger partial charge in [0.15, 0.2) is 0 Å². The van der Waals surface area contributed by atoms with E-state index in [1.165, 1.54) is 4.90 Å². The number of para-hydroxylation sites is 1. The highest BCUT2D eigenvalue weighted by Crippen LogP contribution is 2.28. The number of anilines is 2. The van der Waals surface area contributed by atoms with Gasteiger partial charge in [-0.25, -0.2) is 4.98 Å². The third-order valence-corrected chi connectivity index (χ3v) is 7.03. The summed E-state index contributed by atoms with van der Waals surface area (Å²) in [6.07, 6.45) is 3.39. The Kier molecular flexibility index (Phi) is 9.02. The van der Waals surface area contributed by atoms with Crippen LogP contribution in [0.2, 0.25) is 5.02 Å². The standard InChI is InChI=1S/C28H32ClN5O4/c1-32(25-12-15-30-28(31-25)38-3)18-20-13-16-33(17-14-20)26(35)19-34(24-7-5-4-6-23(24)29)27(36)21-8-10-22(37-2)11-9-21/h4-12,15,20H,13-14,16-19H2,1-3H3. The molecular formula is C28H32ClN5O4. The van der Waals surface area contributed by atoms with E-state index in [4.69, 9.17) is 21.1 Å². The van der Waals surface area contributed by atoms with E-state index in [-0.39, 0.29) is 18.4 Å². The van der Waals surface area contributed by atoms with Gasteiger partial charge in [-0.15, -0.1) is 0 Å². The largest absolute Gasteiger partial charge is 0.497 e. The number of amides is 2. The van der Waals surface area contributed by atoms with E-state index in [0.717, 1.165) is 25.2 Å². The van der Waals surface area contributed by atoms with Gasteiger partial charge in [0.05, 0.1) is 24.9 Å². The number of carbonyl (C=O) groups excluding carboxylic acids is 2. The Morgan fingerprint density at radius 2 is 1.74 bits per heavy atom. The maximum absolute atomic E-state index is 13.5. The Morgan fingerprint density at radius 3 is 2.39 bits per heavy atom. The molecule has 1 fully saturated rings. The third-order valence-electron chi connectivity index (χ3n) is 6.71. The number of aromatic nitrogens is 2. The van der Waals surface area contributed by atoms with E-state index in [2.05, 4.69) is 14.9 Å². The van der Waals surface area contributed by atoms with Crippen molar-refractivity contribution >= 4 is 34.9 Å². The molecule has 38 heavy (non-hydrogen) atoms. The number of methoxy groups -OCH3 is 2. The summed E-state index contributed by atoms with van der Waals surface area (Å²) in [6, 6.07) is 16.1. The second kappa shape index (κ2) is 12.6. The minimum atomic E-state index is -0.300. The highest BCUT2D eigenvalue weighted by atomic mass is 35.5. The monoisotopic (exact) mass is 537 g/mol. The first-order chi connectivity index (χ1) is 18.4. The van der Waals surface area contributed by atoms with Gasteiger partial charge in [0.25, 0.3) is 5.91 Å². The number of hydrogen-bond donors (Lipinski definition) is 0. The number of rotatable bonds is 9. The number of ether oxygens (including phenoxy) is 2. The molecule has 2 amide bonds. The van der Waals surface area contributed by atoms with Gasteiger partial charge < -0.3 is 19.3 Å². The molecule has 0 aliphatic carbocycles. The van der Waals surface area contributed by atoms with Crippen LogP contribution >= 0.6 is 11.6 Å². The lowest BCUT2D eigenvalue weighted by molar-refractivity contribution is -0.131. The van der Waals surface area contributed by atoms with E-state index in [9.17, 15) is 9.59 Å². The SMILES string of the molecule is COc1ccc(C(=O)N(CC(=O)N2CCC(CN(C)c3ccnc(OC)n3)CC2)c2ccccc2Cl)cc1. The zero-order valence-electron chi connectivity index (χ0n) is 21.8. The molecule has 4 rings (SSSR count). The van der Waals surface area contributed by atoms with E-state index in [1.54, 1.807) is 68.9 Å². The predicted molar refractivity (Wildman–Crippen MR) is 147 cm³/mol. The second-order valence-electron chi connectivity index (χ2n) is 9.18. The Balaban J connectivity index is 1.40. The number of carbonyl (C=O) groups is 2. The molecule has 0 atom stereocenters. The number of piperidine rings is 1. The number of likely N-dealkylation sites (tertiary alicyclic amines) is 1. The quantitative estimate of drug-likeness (QED) is 0.405. The summed E-state index contributed by atoms with van der Waals surface area (Å²) in [5, 5.41) is 0.408. The number of halogens is 1. The molecule has 1 aliphatic rings. The minimum absolute atomic E-state index is 0.0973. The first kappa shape index (κ1) is 27.2. The molecule has 3 aromatic rings. The Hall–Kier alpha value is -3.85. The van der Waals surface area contributed by atoms with Crippen molar-refractivity contribution in [1.82, 2.24) is 14.9 Å². The summed E-state index contributed by atoms with van der Waals surface area (Å²) in [5.74, 6) is 1.44. The topological polar surface area (TPSA) is 88.1 Å². The van der Waals surface area contributed by atoms with Crippen molar-refractivity contribution in [2.24, 2.45) is 5.92 Å². The highest BCUT2D eigenvalue weighted by Gasteiger charge is 2.28. The zero-order valence-corrected chi connectivity index (χ0v) is 22.6. The minimum Gasteiger partial charge on any atom is -0.497 e. The number of nitrogens with zero attached hydrogens (tertiary/aromatic N) is 5. The molecule has 200 valence electrons. The lowest BCUT2D eigenvalue weighted by atomic mass is 9.96. The Morgan fingerprint density at radius 1 is 1.03 bits per heavy atom. The number of hydrogen-bond acceptors (Lipinski definition) is 7. The normalized spacial score (nSPS) is 13.6. The van der Waals surface area contributed by atoms with Gasteiger partial charge in [0.2, 0.25) is 5.91 Å². The van der Waals surface area contributed by atoms with E-state index < -0.39 is 0 Å². The smallest absolute Gasteiger partial charge is 0.318 e. The first-order valence-corrected chi connectivity index (χ1v) is 12.8. The van der Waals surface area contributed by atoms with Crippen LogP contribution in [-0.2, 0) is 4.79 Å². The first-order valence-electron chi connectivity index (χ1n) is 12.5. The van der Waals surface area contributed by atoms with Crippen molar-refractivity contribution in [2.45, 2.75) is 12.8 Å². The van der Waals surface area contributed by atoms with Crippen molar-refractivity contribution in [2.75, 3.05) is 57.2 Å². The molecule has 0 saturated carbocycles. The fourth-order valence-corrected chi connectivity index (χ4v) is 4.79. The summed E-state index contributed by atoms with van der Waals surface area (Å²) in [7, 11) is 5.11. The zero-order chi connectivity index (χ0) is 27.1. The summed E-state index contributed by atoms with van der Waals surface area (Å²) in [4.78, 5) is 40.7. The van der Waals surface area contributed by atoms with Crippen LogP contribution in [0.15, 0.2) is 60.8 Å². The molecule has 0 spiro atoms. The van der Waals surface area contributed by atoms with Crippen LogP contribution in [0.5, 0.6) is 11.8 Å². The Bertz CT molecular complexity index is 1250. The lowest BCUT2D eigenvalue weighted by Gasteiger charge is -2.35. The van der Waals surface area contributed by atoms with Crippen molar-refractivity contribution in [3.05, 3.63) is 71.4 Å². The molecule has 2 heterocycles. The summed E-state index contributed by atoms with van der Waals surface area (Å²) in [6.45, 7) is 1.96. The lowest BCUT2D eigenvalue weighted by Crippen LogP contribution is -2.47. The van der Waals surface area contributed by atoms with Gasteiger partial charge in [0, 0.05) is 38.4 Å². The molecule has 2 aromatic carbocycles. The molecule has 0 bridgehead atoms. The Labute approximate surface area is 227 Å². The molecule has 0 unspecified atom stereocenters. The number of benzene rings is 2. The van der Waals surface area contributed by atoms with Gasteiger partial charge in [-0.1, -0.05) is 23.7 Å². The molecule has 9 nitrogen and oxygen atoms in total. The van der Waals surface area contributed by atoms with Crippen LogP contribution in [-0.4, -0.2) is 74.1 Å². The van der Waals surface area contributed by atoms with Crippen LogP contribution in [0.25, 0.3) is 0 Å². The van der Waals surface area contributed by atoms with Crippen LogP contribution in [0.1, 0.15) is 23.2 Å². The molecule has 1 aliphatic heterocycles. The van der Waals surface area contributed by atoms with E-state index in [1.807, 2.05) is 18.0 Å². The fourth-order valence-electron chi connectivity index (χ4n) is 4.55. The average Bonchev–Trinajstić information content (AvgIpc) is 2.96. The molecule has 0 N–H and O–H groups in total. The van der Waals surface area contributed by atoms with Gasteiger partial charge in [-0.3, -0.25) is 14.5 Å². The van der Waals surface area contributed by atoms with Gasteiger partial charge in [-0.05, 0) is 61.2 Å². The molecular weight excluding hydrogens is 506 g/mol.